The molecule has 0 unspecified atom stereocenters. The normalized spacial score (nSPS) is 11.1. The van der Waals surface area contributed by atoms with Gasteiger partial charge in [-0.25, -0.2) is 0 Å². The fourth-order valence-electron chi connectivity index (χ4n) is 0.329. The van der Waals surface area contributed by atoms with E-state index in [0.717, 1.165) is 4.32 Å². The van der Waals surface area contributed by atoms with Crippen LogP contribution in [0.15, 0.2) is 0 Å². The maximum Gasteiger partial charge on any atom is 0.134 e. The minimum atomic E-state index is 0.236. The maximum atomic E-state index is 4.96. The largest absolute Gasteiger partial charge is 0.374 e. The second-order valence-electron chi connectivity index (χ2n) is 2.75. The van der Waals surface area contributed by atoms with Gasteiger partial charge in [0.25, 0.3) is 0 Å². The Morgan fingerprint density at radius 2 is 1.89 bits per heavy atom. The van der Waals surface area contributed by atoms with Gasteiger partial charge in [-0.15, -0.1) is 0 Å². The lowest BCUT2D eigenvalue weighted by Crippen LogP contribution is -2.19. The number of thiocarbonyl (C=S) groups is 1. The Kier molecular flexibility index (Phi) is 3.51. The third-order valence-electron chi connectivity index (χ3n) is 0.603. The zero-order valence-corrected chi connectivity index (χ0v) is 7.95. The molecule has 0 radical (unpaired) electrons. The second-order valence-corrected chi connectivity index (χ2v) is 5.26. The van der Waals surface area contributed by atoms with E-state index in [1.807, 2.05) is 7.05 Å². The zero-order valence-electron chi connectivity index (χ0n) is 6.32. The molecule has 0 bridgehead atoms. The Hall–Kier alpha value is 0.240. The lowest BCUT2D eigenvalue weighted by atomic mass is 10.3. The number of hydrogen-bond acceptors (Lipinski definition) is 2. The van der Waals surface area contributed by atoms with Crippen molar-refractivity contribution in [1.29, 1.82) is 0 Å². The molecule has 0 rings (SSSR count). The topological polar surface area (TPSA) is 12.0 Å². The van der Waals surface area contributed by atoms with Crippen LogP contribution in [0, 0.1) is 0 Å². The van der Waals surface area contributed by atoms with Crippen molar-refractivity contribution in [3.05, 3.63) is 0 Å². The number of nitrogens with one attached hydrogen (secondary N) is 1. The SMILES string of the molecule is CNC(=S)SC(C)(C)C. The van der Waals surface area contributed by atoms with E-state index in [4.69, 9.17) is 12.2 Å². The monoisotopic (exact) mass is 163 g/mol. The number of thioether (sulfide) groups is 1. The highest BCUT2D eigenvalue weighted by atomic mass is 32.2. The van der Waals surface area contributed by atoms with Crippen molar-refractivity contribution >= 4 is 28.3 Å². The zero-order chi connectivity index (χ0) is 7.49. The molecule has 9 heavy (non-hydrogen) atoms. The molecule has 0 fully saturated rings. The predicted molar refractivity (Wildman–Crippen MR) is 49.0 cm³/mol. The van der Waals surface area contributed by atoms with Gasteiger partial charge in [0, 0.05) is 11.8 Å². The van der Waals surface area contributed by atoms with Crippen LogP contribution in [-0.2, 0) is 0 Å². The van der Waals surface area contributed by atoms with Gasteiger partial charge in [-0.2, -0.15) is 0 Å². The Bertz CT molecular complexity index is 104. The molecule has 0 saturated carbocycles. The highest BCUT2D eigenvalue weighted by molar-refractivity contribution is 8.23. The van der Waals surface area contributed by atoms with E-state index in [0.29, 0.717) is 0 Å². The van der Waals surface area contributed by atoms with Crippen LogP contribution >= 0.6 is 24.0 Å². The van der Waals surface area contributed by atoms with Gasteiger partial charge in [-0.3, -0.25) is 0 Å². The van der Waals surface area contributed by atoms with E-state index < -0.39 is 0 Å². The first-order valence-electron chi connectivity index (χ1n) is 2.86. The summed E-state index contributed by atoms with van der Waals surface area (Å²) in [5.41, 5.74) is 0. The number of hydrogen-bond donors (Lipinski definition) is 1. The second kappa shape index (κ2) is 3.42. The van der Waals surface area contributed by atoms with Crippen LogP contribution in [0.25, 0.3) is 0 Å². The molecule has 0 aliphatic heterocycles. The van der Waals surface area contributed by atoms with Crippen molar-refractivity contribution < 1.29 is 0 Å². The molecule has 0 aromatic rings. The molecule has 0 aliphatic rings. The molecule has 54 valence electrons. The standard InChI is InChI=1S/C6H13NS2/c1-6(2,3)9-5(8)7-4/h1-4H3,(H,7,8). The van der Waals surface area contributed by atoms with Crippen molar-refractivity contribution in [2.24, 2.45) is 0 Å². The third-order valence-corrected chi connectivity index (χ3v) is 2.06. The van der Waals surface area contributed by atoms with Crippen molar-refractivity contribution in [2.75, 3.05) is 7.05 Å². The Labute approximate surface area is 66.6 Å². The van der Waals surface area contributed by atoms with Crippen molar-refractivity contribution in [2.45, 2.75) is 25.5 Å². The maximum absolute atomic E-state index is 4.96. The van der Waals surface area contributed by atoms with E-state index in [-0.39, 0.29) is 4.75 Å². The average Bonchev–Trinajstić information content (AvgIpc) is 1.62. The summed E-state index contributed by atoms with van der Waals surface area (Å²) in [6, 6.07) is 0. The highest BCUT2D eigenvalue weighted by Crippen LogP contribution is 2.23. The van der Waals surface area contributed by atoms with Crippen LogP contribution < -0.4 is 5.32 Å². The van der Waals surface area contributed by atoms with E-state index >= 15 is 0 Å². The third kappa shape index (κ3) is 6.12. The van der Waals surface area contributed by atoms with Crippen LogP contribution in [0.4, 0.5) is 0 Å². The summed E-state index contributed by atoms with van der Waals surface area (Å²) < 4.78 is 1.10. The molecular formula is C6H13NS2. The molecule has 0 atom stereocenters. The highest BCUT2D eigenvalue weighted by Gasteiger charge is 2.12. The van der Waals surface area contributed by atoms with Gasteiger partial charge in [-0.05, 0) is 0 Å². The summed E-state index contributed by atoms with van der Waals surface area (Å²) >= 11 is 6.63. The Balaban J connectivity index is 3.60. The average molecular weight is 163 g/mol. The minimum Gasteiger partial charge on any atom is -0.374 e. The lowest BCUT2D eigenvalue weighted by molar-refractivity contribution is 0.808. The molecule has 0 spiro atoms. The Morgan fingerprint density at radius 3 is 2.00 bits per heavy atom. The van der Waals surface area contributed by atoms with Crippen LogP contribution in [0.5, 0.6) is 0 Å². The van der Waals surface area contributed by atoms with Crippen LogP contribution in [-0.4, -0.2) is 16.1 Å². The summed E-state index contributed by atoms with van der Waals surface area (Å²) in [6.07, 6.45) is 0. The fourth-order valence-corrected chi connectivity index (χ4v) is 1.74. The summed E-state index contributed by atoms with van der Waals surface area (Å²) in [4.78, 5) is 0. The van der Waals surface area contributed by atoms with Gasteiger partial charge < -0.3 is 5.32 Å². The van der Waals surface area contributed by atoms with Gasteiger partial charge in [-0.1, -0.05) is 44.8 Å². The van der Waals surface area contributed by atoms with Crippen LogP contribution in [0.3, 0.4) is 0 Å². The molecule has 1 N–H and O–H groups in total. The summed E-state index contributed by atoms with van der Waals surface area (Å²) in [6.45, 7) is 6.42. The summed E-state index contributed by atoms with van der Waals surface area (Å²) in [7, 11) is 1.85. The summed E-state index contributed by atoms with van der Waals surface area (Å²) in [5.74, 6) is 0. The van der Waals surface area contributed by atoms with Gasteiger partial charge in [0.15, 0.2) is 0 Å². The van der Waals surface area contributed by atoms with Crippen LogP contribution in [0.2, 0.25) is 0 Å². The van der Waals surface area contributed by atoms with Crippen LogP contribution in [0.1, 0.15) is 20.8 Å². The first-order valence-corrected chi connectivity index (χ1v) is 4.09. The molecule has 0 saturated heterocycles. The van der Waals surface area contributed by atoms with Crippen molar-refractivity contribution in [1.82, 2.24) is 5.32 Å². The molecular weight excluding hydrogens is 150 g/mol. The van der Waals surface area contributed by atoms with Gasteiger partial charge in [0.05, 0.1) is 0 Å². The molecule has 0 aromatic heterocycles. The van der Waals surface area contributed by atoms with E-state index in [9.17, 15) is 0 Å². The van der Waals surface area contributed by atoms with Gasteiger partial charge in [0.1, 0.15) is 4.32 Å². The first kappa shape index (κ1) is 9.24. The van der Waals surface area contributed by atoms with Gasteiger partial charge >= 0.3 is 0 Å². The molecule has 0 aliphatic carbocycles. The molecule has 0 heterocycles. The van der Waals surface area contributed by atoms with Crippen molar-refractivity contribution in [3.63, 3.8) is 0 Å². The van der Waals surface area contributed by atoms with E-state index in [1.54, 1.807) is 11.8 Å². The smallest absolute Gasteiger partial charge is 0.134 e. The first-order chi connectivity index (χ1) is 3.95. The summed E-state index contributed by atoms with van der Waals surface area (Å²) in [5, 5.41) is 2.92. The number of rotatable bonds is 0. The Morgan fingerprint density at radius 1 is 1.44 bits per heavy atom. The molecule has 3 heteroatoms. The quantitative estimate of drug-likeness (QED) is 0.549. The van der Waals surface area contributed by atoms with Crippen molar-refractivity contribution in [3.8, 4) is 0 Å². The molecule has 0 amide bonds. The molecule has 1 nitrogen and oxygen atoms in total. The fraction of sp³-hybridized carbons (Fsp3) is 0.833. The molecule has 0 aromatic carbocycles. The van der Waals surface area contributed by atoms with E-state index in [1.165, 1.54) is 0 Å². The van der Waals surface area contributed by atoms with E-state index in [2.05, 4.69) is 26.1 Å². The predicted octanol–water partition coefficient (Wildman–Crippen LogP) is 2.02. The van der Waals surface area contributed by atoms with Gasteiger partial charge in [0.2, 0.25) is 0 Å². The minimum absolute atomic E-state index is 0.236. The lowest BCUT2D eigenvalue weighted by Gasteiger charge is -2.16.